The number of hydrogen-bond donors (Lipinski definition) is 1. The molecule has 0 bridgehead atoms. The van der Waals surface area contributed by atoms with Crippen LogP contribution in [0.4, 0.5) is 10.2 Å². The zero-order valence-corrected chi connectivity index (χ0v) is 13.7. The van der Waals surface area contributed by atoms with Crippen LogP contribution in [-0.4, -0.2) is 37.1 Å². The summed E-state index contributed by atoms with van der Waals surface area (Å²) < 4.78 is 19.1. The van der Waals surface area contributed by atoms with Crippen molar-refractivity contribution in [1.82, 2.24) is 10.3 Å². The lowest BCUT2D eigenvalue weighted by Crippen LogP contribution is -2.44. The van der Waals surface area contributed by atoms with Crippen molar-refractivity contribution in [2.45, 2.75) is 19.1 Å². The minimum atomic E-state index is -0.272. The highest BCUT2D eigenvalue weighted by Crippen LogP contribution is 2.29. The number of ether oxygens (including phenoxy) is 1. The maximum atomic E-state index is 13.1. The van der Waals surface area contributed by atoms with E-state index >= 15 is 0 Å². The van der Waals surface area contributed by atoms with E-state index in [0.29, 0.717) is 24.5 Å². The number of amides is 1. The third-order valence-electron chi connectivity index (χ3n) is 4.06. The predicted molar refractivity (Wildman–Crippen MR) is 89.5 cm³/mol. The molecule has 24 heavy (non-hydrogen) atoms. The van der Waals surface area contributed by atoms with E-state index in [1.54, 1.807) is 37.5 Å². The first-order valence-electron chi connectivity index (χ1n) is 7.91. The number of anilines is 1. The highest BCUT2D eigenvalue weighted by Gasteiger charge is 2.29. The third kappa shape index (κ3) is 3.38. The molecule has 2 atom stereocenters. The number of nitrogens with one attached hydrogen (secondary N) is 1. The summed E-state index contributed by atoms with van der Waals surface area (Å²) in [7, 11) is 1.60. The Hall–Kier alpha value is -2.47. The van der Waals surface area contributed by atoms with Crippen molar-refractivity contribution >= 4 is 11.7 Å². The summed E-state index contributed by atoms with van der Waals surface area (Å²) in [6, 6.07) is 9.82. The van der Waals surface area contributed by atoms with Crippen LogP contribution in [0.1, 0.15) is 28.9 Å². The summed E-state index contributed by atoms with van der Waals surface area (Å²) in [6.07, 6.45) is 1.44. The number of halogens is 1. The van der Waals surface area contributed by atoms with Gasteiger partial charge in [-0.15, -0.1) is 0 Å². The number of carbonyl (C=O) groups is 1. The Morgan fingerprint density at radius 1 is 1.29 bits per heavy atom. The van der Waals surface area contributed by atoms with Crippen molar-refractivity contribution in [3.05, 3.63) is 59.5 Å². The molecule has 2 unspecified atom stereocenters. The molecule has 126 valence electrons. The van der Waals surface area contributed by atoms with Crippen molar-refractivity contribution < 1.29 is 13.9 Å². The van der Waals surface area contributed by atoms with Crippen LogP contribution in [0.2, 0.25) is 0 Å². The molecule has 6 heteroatoms. The number of pyridine rings is 1. The second-order valence-electron chi connectivity index (χ2n) is 5.85. The monoisotopic (exact) mass is 329 g/mol. The van der Waals surface area contributed by atoms with Gasteiger partial charge in [-0.25, -0.2) is 9.37 Å². The van der Waals surface area contributed by atoms with Crippen molar-refractivity contribution in [1.29, 1.82) is 0 Å². The zero-order valence-electron chi connectivity index (χ0n) is 13.7. The van der Waals surface area contributed by atoms with E-state index in [1.807, 2.05) is 11.8 Å². The molecular formula is C18H20FN3O2. The second kappa shape index (κ2) is 6.97. The first-order valence-corrected chi connectivity index (χ1v) is 7.91. The molecule has 1 fully saturated rings. The van der Waals surface area contributed by atoms with Gasteiger partial charge in [0.05, 0.1) is 11.7 Å². The molecule has 1 aromatic heterocycles. The van der Waals surface area contributed by atoms with Gasteiger partial charge < -0.3 is 15.0 Å². The largest absolute Gasteiger partial charge is 0.367 e. The van der Waals surface area contributed by atoms with E-state index in [1.165, 1.54) is 12.1 Å². The average molecular weight is 329 g/mol. The van der Waals surface area contributed by atoms with Gasteiger partial charge in [0.1, 0.15) is 17.7 Å². The number of carbonyl (C=O) groups excluding carboxylic acids is 1. The molecule has 1 aromatic carbocycles. The molecule has 2 heterocycles. The summed E-state index contributed by atoms with van der Waals surface area (Å²) in [6.45, 7) is 3.17. The van der Waals surface area contributed by atoms with Crippen molar-refractivity contribution in [2.75, 3.05) is 25.0 Å². The molecule has 3 rings (SSSR count). The van der Waals surface area contributed by atoms with Gasteiger partial charge in [0, 0.05) is 26.3 Å². The number of morpholine rings is 1. The highest BCUT2D eigenvalue weighted by atomic mass is 19.1. The maximum Gasteiger partial charge on any atom is 0.254 e. The fourth-order valence-electron chi connectivity index (χ4n) is 2.95. The van der Waals surface area contributed by atoms with Gasteiger partial charge >= 0.3 is 0 Å². The van der Waals surface area contributed by atoms with Crippen molar-refractivity contribution in [3.8, 4) is 0 Å². The van der Waals surface area contributed by atoms with Gasteiger partial charge in [0.25, 0.3) is 5.91 Å². The molecule has 1 aliphatic rings. The lowest BCUT2D eigenvalue weighted by Gasteiger charge is -2.38. The normalized spacial score (nSPS) is 20.7. The zero-order chi connectivity index (χ0) is 17.1. The Morgan fingerprint density at radius 2 is 2.04 bits per heavy atom. The topological polar surface area (TPSA) is 54.5 Å². The Balaban J connectivity index is 1.89. The van der Waals surface area contributed by atoms with E-state index in [2.05, 4.69) is 10.3 Å². The van der Waals surface area contributed by atoms with Crippen LogP contribution in [0, 0.1) is 5.82 Å². The van der Waals surface area contributed by atoms with E-state index in [9.17, 15) is 9.18 Å². The van der Waals surface area contributed by atoms with Gasteiger partial charge in [-0.05, 0) is 36.8 Å². The Morgan fingerprint density at radius 3 is 2.75 bits per heavy atom. The minimum absolute atomic E-state index is 0.0339. The van der Waals surface area contributed by atoms with Crippen LogP contribution >= 0.6 is 0 Å². The summed E-state index contributed by atoms with van der Waals surface area (Å²) in [5.74, 6) is 0.195. The number of hydrogen-bond acceptors (Lipinski definition) is 4. The minimum Gasteiger partial charge on any atom is -0.367 e. The molecule has 0 saturated carbocycles. The van der Waals surface area contributed by atoms with E-state index in [-0.39, 0.29) is 23.9 Å². The SMILES string of the molecule is CNC(=O)c1cccnc1N1CC(C)OC(c2ccc(F)cc2)C1. The van der Waals surface area contributed by atoms with E-state index in [0.717, 1.165) is 5.56 Å². The second-order valence-corrected chi connectivity index (χ2v) is 5.85. The maximum absolute atomic E-state index is 13.1. The van der Waals surface area contributed by atoms with Gasteiger partial charge in [-0.2, -0.15) is 0 Å². The standard InChI is InChI=1S/C18H20FN3O2/c1-12-10-22(17-15(18(23)20-2)4-3-9-21-17)11-16(24-12)13-5-7-14(19)8-6-13/h3-9,12,16H,10-11H2,1-2H3,(H,20,23). The molecule has 2 aromatic rings. The molecule has 5 nitrogen and oxygen atoms in total. The molecule has 0 spiro atoms. The fraction of sp³-hybridized carbons (Fsp3) is 0.333. The van der Waals surface area contributed by atoms with Crippen LogP contribution in [0.15, 0.2) is 42.6 Å². The Labute approximate surface area is 140 Å². The Bertz CT molecular complexity index is 720. The van der Waals surface area contributed by atoms with Crippen LogP contribution in [0.25, 0.3) is 0 Å². The van der Waals surface area contributed by atoms with Gasteiger partial charge in [-0.3, -0.25) is 4.79 Å². The molecule has 1 saturated heterocycles. The molecule has 1 amide bonds. The van der Waals surface area contributed by atoms with Crippen molar-refractivity contribution in [3.63, 3.8) is 0 Å². The molecule has 0 aliphatic carbocycles. The molecule has 1 aliphatic heterocycles. The lowest BCUT2D eigenvalue weighted by atomic mass is 10.1. The lowest BCUT2D eigenvalue weighted by molar-refractivity contribution is -0.0176. The van der Waals surface area contributed by atoms with E-state index < -0.39 is 0 Å². The quantitative estimate of drug-likeness (QED) is 0.940. The molecule has 0 radical (unpaired) electrons. The summed E-state index contributed by atoms with van der Waals surface area (Å²) in [5, 5.41) is 2.64. The number of benzene rings is 1. The summed E-state index contributed by atoms with van der Waals surface area (Å²) in [4.78, 5) is 18.5. The predicted octanol–water partition coefficient (Wildman–Crippen LogP) is 2.55. The van der Waals surface area contributed by atoms with E-state index in [4.69, 9.17) is 4.74 Å². The van der Waals surface area contributed by atoms with Gasteiger partial charge in [-0.1, -0.05) is 12.1 Å². The number of aromatic nitrogens is 1. The van der Waals surface area contributed by atoms with Gasteiger partial charge in [0.2, 0.25) is 0 Å². The average Bonchev–Trinajstić information content (AvgIpc) is 2.61. The van der Waals surface area contributed by atoms with Crippen LogP contribution in [0.3, 0.4) is 0 Å². The number of rotatable bonds is 3. The smallest absolute Gasteiger partial charge is 0.254 e. The highest BCUT2D eigenvalue weighted by molar-refractivity contribution is 5.98. The van der Waals surface area contributed by atoms with Gasteiger partial charge in [0.15, 0.2) is 0 Å². The first-order chi connectivity index (χ1) is 11.6. The number of nitrogens with zero attached hydrogens (tertiary/aromatic N) is 2. The third-order valence-corrected chi connectivity index (χ3v) is 4.06. The Kier molecular flexibility index (Phi) is 4.76. The van der Waals surface area contributed by atoms with Crippen molar-refractivity contribution in [2.24, 2.45) is 0 Å². The summed E-state index contributed by atoms with van der Waals surface area (Å²) >= 11 is 0. The fourth-order valence-corrected chi connectivity index (χ4v) is 2.95. The first kappa shape index (κ1) is 16.4. The molecule has 1 N–H and O–H groups in total. The summed E-state index contributed by atoms with van der Waals surface area (Å²) in [5.41, 5.74) is 1.44. The molecular weight excluding hydrogens is 309 g/mol. The van der Waals surface area contributed by atoms with Crippen LogP contribution < -0.4 is 10.2 Å². The van der Waals surface area contributed by atoms with Crippen LogP contribution in [0.5, 0.6) is 0 Å². The van der Waals surface area contributed by atoms with Crippen LogP contribution in [-0.2, 0) is 4.74 Å².